The fourth-order valence-corrected chi connectivity index (χ4v) is 1.95. The number of carbonyl (C=O) groups excluding carboxylic acids is 1. The van der Waals surface area contributed by atoms with Crippen molar-refractivity contribution < 1.29 is 9.53 Å². The van der Waals surface area contributed by atoms with E-state index in [1.165, 1.54) is 0 Å². The molecule has 2 rings (SSSR count). The standard InChI is InChI=1S/C13H17NO2/c1-10(15)12-4-2-3-5-13(12)16-11-6-8-14-9-7-11/h2-5,11,14H,6-9H2,1H3. The zero-order chi connectivity index (χ0) is 11.4. The molecule has 86 valence electrons. The molecule has 3 heteroatoms. The number of ether oxygens (including phenoxy) is 1. The van der Waals surface area contributed by atoms with Crippen LogP contribution in [0.25, 0.3) is 0 Å². The van der Waals surface area contributed by atoms with Crippen molar-refractivity contribution in [1.29, 1.82) is 0 Å². The molecule has 1 saturated heterocycles. The summed E-state index contributed by atoms with van der Waals surface area (Å²) in [5.41, 5.74) is 0.682. The van der Waals surface area contributed by atoms with Crippen molar-refractivity contribution in [2.75, 3.05) is 13.1 Å². The van der Waals surface area contributed by atoms with Gasteiger partial charge in [0.05, 0.1) is 5.56 Å². The molecule has 0 saturated carbocycles. The molecule has 0 atom stereocenters. The summed E-state index contributed by atoms with van der Waals surface area (Å²) in [7, 11) is 0. The Kier molecular flexibility index (Phi) is 3.57. The van der Waals surface area contributed by atoms with E-state index in [-0.39, 0.29) is 11.9 Å². The Bertz CT molecular complexity index is 370. The Morgan fingerprint density at radius 2 is 2.00 bits per heavy atom. The maximum Gasteiger partial charge on any atom is 0.163 e. The van der Waals surface area contributed by atoms with Gasteiger partial charge in [-0.1, -0.05) is 12.1 Å². The summed E-state index contributed by atoms with van der Waals surface area (Å²) in [6.07, 6.45) is 2.25. The molecule has 16 heavy (non-hydrogen) atoms. The van der Waals surface area contributed by atoms with E-state index in [0.717, 1.165) is 31.7 Å². The van der Waals surface area contributed by atoms with Crippen LogP contribution in [0.4, 0.5) is 0 Å². The predicted octanol–water partition coefficient (Wildman–Crippen LogP) is 2.02. The van der Waals surface area contributed by atoms with Crippen LogP contribution in [-0.2, 0) is 0 Å². The lowest BCUT2D eigenvalue weighted by atomic mass is 10.1. The van der Waals surface area contributed by atoms with Crippen molar-refractivity contribution in [2.24, 2.45) is 0 Å². The highest BCUT2D eigenvalue weighted by Crippen LogP contribution is 2.22. The fourth-order valence-electron chi connectivity index (χ4n) is 1.95. The molecule has 0 bridgehead atoms. The number of Topliss-reactive ketones (excluding diaryl/α,β-unsaturated/α-hetero) is 1. The quantitative estimate of drug-likeness (QED) is 0.790. The third kappa shape index (κ3) is 2.61. The van der Waals surface area contributed by atoms with Gasteiger partial charge in [0.25, 0.3) is 0 Å². The molecule has 0 aliphatic carbocycles. The Labute approximate surface area is 95.8 Å². The van der Waals surface area contributed by atoms with Crippen molar-refractivity contribution in [3.63, 3.8) is 0 Å². The zero-order valence-corrected chi connectivity index (χ0v) is 9.53. The summed E-state index contributed by atoms with van der Waals surface area (Å²) in [5, 5.41) is 3.29. The maximum absolute atomic E-state index is 11.4. The Morgan fingerprint density at radius 3 is 2.69 bits per heavy atom. The SMILES string of the molecule is CC(=O)c1ccccc1OC1CCNCC1. The molecule has 0 aromatic heterocycles. The predicted molar refractivity (Wildman–Crippen MR) is 63.0 cm³/mol. The minimum absolute atomic E-state index is 0.0598. The second kappa shape index (κ2) is 5.12. The van der Waals surface area contributed by atoms with Crippen LogP contribution in [-0.4, -0.2) is 25.0 Å². The second-order valence-corrected chi connectivity index (χ2v) is 4.12. The van der Waals surface area contributed by atoms with Gasteiger partial charge in [-0.3, -0.25) is 4.79 Å². The van der Waals surface area contributed by atoms with Crippen LogP contribution < -0.4 is 10.1 Å². The lowest BCUT2D eigenvalue weighted by molar-refractivity contribution is 0.100. The average molecular weight is 219 g/mol. The summed E-state index contributed by atoms with van der Waals surface area (Å²) < 4.78 is 5.89. The van der Waals surface area contributed by atoms with E-state index in [9.17, 15) is 4.79 Å². The number of piperidine rings is 1. The van der Waals surface area contributed by atoms with Gasteiger partial charge >= 0.3 is 0 Å². The molecule has 0 radical (unpaired) electrons. The zero-order valence-electron chi connectivity index (χ0n) is 9.53. The first-order chi connectivity index (χ1) is 7.77. The average Bonchev–Trinajstić information content (AvgIpc) is 2.31. The van der Waals surface area contributed by atoms with E-state index in [1.807, 2.05) is 24.3 Å². The summed E-state index contributed by atoms with van der Waals surface area (Å²) >= 11 is 0. The van der Waals surface area contributed by atoms with Crippen LogP contribution in [0.3, 0.4) is 0 Å². The number of ketones is 1. The van der Waals surface area contributed by atoms with E-state index < -0.39 is 0 Å². The van der Waals surface area contributed by atoms with Crippen LogP contribution in [0, 0.1) is 0 Å². The first kappa shape index (κ1) is 11.1. The summed E-state index contributed by atoms with van der Waals surface area (Å²) in [6, 6.07) is 7.46. The highest BCUT2D eigenvalue weighted by molar-refractivity contribution is 5.96. The van der Waals surface area contributed by atoms with Gasteiger partial charge in [-0.25, -0.2) is 0 Å². The van der Waals surface area contributed by atoms with Crippen molar-refractivity contribution >= 4 is 5.78 Å². The Hall–Kier alpha value is -1.35. The maximum atomic E-state index is 11.4. The van der Waals surface area contributed by atoms with Gasteiger partial charge < -0.3 is 10.1 Å². The van der Waals surface area contributed by atoms with E-state index in [2.05, 4.69) is 5.32 Å². The van der Waals surface area contributed by atoms with Gasteiger partial charge in [0.15, 0.2) is 5.78 Å². The molecule has 1 fully saturated rings. The van der Waals surface area contributed by atoms with Crippen LogP contribution in [0.1, 0.15) is 30.1 Å². The molecule has 1 N–H and O–H groups in total. The smallest absolute Gasteiger partial charge is 0.163 e. The highest BCUT2D eigenvalue weighted by Gasteiger charge is 2.16. The van der Waals surface area contributed by atoms with Crippen molar-refractivity contribution in [1.82, 2.24) is 5.32 Å². The van der Waals surface area contributed by atoms with Crippen molar-refractivity contribution in [3.8, 4) is 5.75 Å². The number of hydrogen-bond acceptors (Lipinski definition) is 3. The molecule has 1 aromatic carbocycles. The third-order valence-corrected chi connectivity index (χ3v) is 2.85. The topological polar surface area (TPSA) is 38.3 Å². The molecule has 1 heterocycles. The van der Waals surface area contributed by atoms with Gasteiger partial charge in [0.1, 0.15) is 11.9 Å². The number of hydrogen-bond donors (Lipinski definition) is 1. The van der Waals surface area contributed by atoms with Crippen molar-refractivity contribution in [2.45, 2.75) is 25.9 Å². The van der Waals surface area contributed by atoms with Gasteiger partial charge in [-0.05, 0) is 45.0 Å². The Morgan fingerprint density at radius 1 is 1.31 bits per heavy atom. The third-order valence-electron chi connectivity index (χ3n) is 2.85. The molecule has 0 spiro atoms. The molecule has 1 aromatic rings. The van der Waals surface area contributed by atoms with Crippen LogP contribution >= 0.6 is 0 Å². The van der Waals surface area contributed by atoms with Gasteiger partial charge in [0, 0.05) is 0 Å². The highest BCUT2D eigenvalue weighted by atomic mass is 16.5. The van der Waals surface area contributed by atoms with Gasteiger partial charge in [-0.15, -0.1) is 0 Å². The number of carbonyl (C=O) groups is 1. The van der Waals surface area contributed by atoms with E-state index >= 15 is 0 Å². The normalized spacial score (nSPS) is 17.1. The number of nitrogens with one attached hydrogen (secondary N) is 1. The minimum Gasteiger partial charge on any atom is -0.490 e. The van der Waals surface area contributed by atoms with Crippen LogP contribution in [0.2, 0.25) is 0 Å². The van der Waals surface area contributed by atoms with E-state index in [0.29, 0.717) is 5.56 Å². The largest absolute Gasteiger partial charge is 0.490 e. The van der Waals surface area contributed by atoms with E-state index in [1.54, 1.807) is 6.92 Å². The number of para-hydroxylation sites is 1. The van der Waals surface area contributed by atoms with E-state index in [4.69, 9.17) is 4.74 Å². The number of benzene rings is 1. The van der Waals surface area contributed by atoms with Crippen LogP contribution in [0.15, 0.2) is 24.3 Å². The first-order valence-corrected chi connectivity index (χ1v) is 5.74. The van der Waals surface area contributed by atoms with Crippen molar-refractivity contribution in [3.05, 3.63) is 29.8 Å². The number of rotatable bonds is 3. The summed E-state index contributed by atoms with van der Waals surface area (Å²) in [5.74, 6) is 0.784. The lowest BCUT2D eigenvalue weighted by Gasteiger charge is -2.24. The lowest BCUT2D eigenvalue weighted by Crippen LogP contribution is -2.34. The molecule has 1 aliphatic heterocycles. The Balaban J connectivity index is 2.10. The van der Waals surface area contributed by atoms with Gasteiger partial charge in [0.2, 0.25) is 0 Å². The molecule has 1 aliphatic rings. The first-order valence-electron chi connectivity index (χ1n) is 5.74. The molecule has 0 amide bonds. The molecule has 0 unspecified atom stereocenters. The second-order valence-electron chi connectivity index (χ2n) is 4.12. The monoisotopic (exact) mass is 219 g/mol. The molecular formula is C13H17NO2. The molecule has 3 nitrogen and oxygen atoms in total. The minimum atomic E-state index is 0.0598. The fraction of sp³-hybridized carbons (Fsp3) is 0.462. The molecular weight excluding hydrogens is 202 g/mol. The van der Waals surface area contributed by atoms with Gasteiger partial charge in [-0.2, -0.15) is 0 Å². The summed E-state index contributed by atoms with van der Waals surface area (Å²) in [4.78, 5) is 11.4. The van der Waals surface area contributed by atoms with Crippen LogP contribution in [0.5, 0.6) is 5.75 Å². The summed E-state index contributed by atoms with van der Waals surface area (Å²) in [6.45, 7) is 3.56.